The molecule has 0 spiro atoms. The van der Waals surface area contributed by atoms with Crippen LogP contribution in [0.4, 0.5) is 0 Å². The summed E-state index contributed by atoms with van der Waals surface area (Å²) in [5, 5.41) is 0.181. The van der Waals surface area contributed by atoms with Crippen molar-refractivity contribution in [2.75, 3.05) is 13.2 Å². The second-order valence-corrected chi connectivity index (χ2v) is 3.94. The van der Waals surface area contributed by atoms with Gasteiger partial charge in [-0.2, -0.15) is 0 Å². The van der Waals surface area contributed by atoms with Gasteiger partial charge in [-0.15, -0.1) is 0 Å². The summed E-state index contributed by atoms with van der Waals surface area (Å²) in [5.74, 6) is 0. The molecule has 2 heterocycles. The van der Waals surface area contributed by atoms with Crippen molar-refractivity contribution < 1.29 is 9.53 Å². The van der Waals surface area contributed by atoms with Crippen molar-refractivity contribution in [3.63, 3.8) is 0 Å². The molecule has 0 bridgehead atoms. The van der Waals surface area contributed by atoms with E-state index in [0.29, 0.717) is 31.7 Å². The summed E-state index contributed by atoms with van der Waals surface area (Å²) in [7, 11) is 0. The second kappa shape index (κ2) is 4.24. The molecular formula is C10H11ClN2O2. The Kier molecular flexibility index (Phi) is 2.98. The largest absolute Gasteiger partial charge is 0.381 e. The van der Waals surface area contributed by atoms with Crippen LogP contribution in [0.25, 0.3) is 0 Å². The Morgan fingerprint density at radius 3 is 2.80 bits per heavy atom. The summed E-state index contributed by atoms with van der Waals surface area (Å²) >= 11 is 5.71. The zero-order valence-corrected chi connectivity index (χ0v) is 8.91. The van der Waals surface area contributed by atoms with Gasteiger partial charge in [-0.1, -0.05) is 0 Å². The number of halogens is 1. The molecular weight excluding hydrogens is 216 g/mol. The summed E-state index contributed by atoms with van der Waals surface area (Å²) < 4.78 is 5.24. The van der Waals surface area contributed by atoms with E-state index in [1.54, 1.807) is 12.3 Å². The molecule has 0 unspecified atom stereocenters. The van der Waals surface area contributed by atoms with E-state index in [1.807, 2.05) is 0 Å². The van der Waals surface area contributed by atoms with Gasteiger partial charge in [-0.3, -0.25) is 0 Å². The molecule has 4 nitrogen and oxygen atoms in total. The highest BCUT2D eigenvalue weighted by atomic mass is 35.5. The maximum absolute atomic E-state index is 11.2. The first-order valence-corrected chi connectivity index (χ1v) is 5.18. The third-order valence-electron chi connectivity index (χ3n) is 2.75. The minimum atomic E-state index is -0.537. The van der Waals surface area contributed by atoms with Gasteiger partial charge >= 0.3 is 0 Å². The van der Waals surface area contributed by atoms with Crippen molar-refractivity contribution in [3.8, 4) is 0 Å². The Morgan fingerprint density at radius 2 is 2.20 bits per heavy atom. The average molecular weight is 227 g/mol. The molecule has 1 fully saturated rings. The van der Waals surface area contributed by atoms with Gasteiger partial charge in [0.1, 0.15) is 6.29 Å². The van der Waals surface area contributed by atoms with E-state index < -0.39 is 5.41 Å². The number of aldehydes is 1. The predicted molar refractivity (Wildman–Crippen MR) is 54.8 cm³/mol. The maximum Gasteiger partial charge on any atom is 0.222 e. The average Bonchev–Trinajstić information content (AvgIpc) is 2.30. The molecule has 5 heteroatoms. The molecule has 1 aromatic rings. The molecule has 15 heavy (non-hydrogen) atoms. The van der Waals surface area contributed by atoms with Crippen LogP contribution in [0.15, 0.2) is 12.3 Å². The van der Waals surface area contributed by atoms with E-state index >= 15 is 0 Å². The lowest BCUT2D eigenvalue weighted by molar-refractivity contribution is -0.116. The summed E-state index contributed by atoms with van der Waals surface area (Å²) in [5.41, 5.74) is 0.158. The highest BCUT2D eigenvalue weighted by Gasteiger charge is 2.35. The van der Waals surface area contributed by atoms with Gasteiger partial charge in [0, 0.05) is 19.4 Å². The van der Waals surface area contributed by atoms with Gasteiger partial charge in [-0.25, -0.2) is 9.97 Å². The van der Waals surface area contributed by atoms with Crippen molar-refractivity contribution in [2.45, 2.75) is 18.3 Å². The van der Waals surface area contributed by atoms with Crippen LogP contribution < -0.4 is 0 Å². The number of carbonyl (C=O) groups is 1. The molecule has 0 N–H and O–H groups in total. The van der Waals surface area contributed by atoms with Gasteiger partial charge in [0.05, 0.1) is 11.1 Å². The van der Waals surface area contributed by atoms with Gasteiger partial charge < -0.3 is 9.53 Å². The van der Waals surface area contributed by atoms with Crippen molar-refractivity contribution in [2.24, 2.45) is 0 Å². The van der Waals surface area contributed by atoms with Crippen LogP contribution in [0.5, 0.6) is 0 Å². The number of hydrogen-bond acceptors (Lipinski definition) is 4. The van der Waals surface area contributed by atoms with Crippen LogP contribution in [0.1, 0.15) is 18.5 Å². The fourth-order valence-electron chi connectivity index (χ4n) is 1.78. The minimum Gasteiger partial charge on any atom is -0.381 e. The highest BCUT2D eigenvalue weighted by molar-refractivity contribution is 6.28. The molecule has 1 aliphatic heterocycles. The van der Waals surface area contributed by atoms with E-state index in [0.717, 1.165) is 6.29 Å². The first-order valence-electron chi connectivity index (χ1n) is 4.80. The summed E-state index contributed by atoms with van der Waals surface area (Å²) in [6.07, 6.45) is 3.84. The molecule has 0 amide bonds. The third kappa shape index (κ3) is 2.01. The van der Waals surface area contributed by atoms with Gasteiger partial charge in [0.2, 0.25) is 5.28 Å². The first-order chi connectivity index (χ1) is 7.27. The molecule has 0 aliphatic carbocycles. The Bertz CT molecular complexity index is 364. The van der Waals surface area contributed by atoms with E-state index in [-0.39, 0.29) is 5.28 Å². The van der Waals surface area contributed by atoms with Crippen molar-refractivity contribution in [1.82, 2.24) is 9.97 Å². The standard InChI is InChI=1S/C10H11ClN2O2/c11-9-12-4-1-8(13-9)10(7-14)2-5-15-6-3-10/h1,4,7H,2-3,5-6H2. The molecule has 2 rings (SSSR count). The number of hydrogen-bond donors (Lipinski definition) is 0. The molecule has 1 saturated heterocycles. The number of aromatic nitrogens is 2. The molecule has 1 aromatic heterocycles. The third-order valence-corrected chi connectivity index (χ3v) is 2.93. The quantitative estimate of drug-likeness (QED) is 0.565. The Morgan fingerprint density at radius 1 is 1.47 bits per heavy atom. The van der Waals surface area contributed by atoms with Gasteiger partial charge in [-0.05, 0) is 30.5 Å². The Hall–Kier alpha value is -1.00. The molecule has 0 aromatic carbocycles. The van der Waals surface area contributed by atoms with Crippen molar-refractivity contribution >= 4 is 17.9 Å². The van der Waals surface area contributed by atoms with Crippen molar-refractivity contribution in [3.05, 3.63) is 23.2 Å². The normalized spacial score (nSPS) is 19.8. The molecule has 80 valence electrons. The monoisotopic (exact) mass is 226 g/mol. The molecule has 1 aliphatic rings. The van der Waals surface area contributed by atoms with Gasteiger partial charge in [0.15, 0.2) is 0 Å². The lowest BCUT2D eigenvalue weighted by Gasteiger charge is -2.31. The first kappa shape index (κ1) is 10.5. The van der Waals surface area contributed by atoms with E-state index in [9.17, 15) is 4.79 Å². The summed E-state index contributed by atoms with van der Waals surface area (Å²) in [4.78, 5) is 19.1. The molecule has 0 atom stereocenters. The maximum atomic E-state index is 11.2. The number of nitrogens with zero attached hydrogens (tertiary/aromatic N) is 2. The Balaban J connectivity index is 2.36. The predicted octanol–water partition coefficient (Wildman–Crippen LogP) is 1.38. The van der Waals surface area contributed by atoms with Crippen LogP contribution in [0, 0.1) is 0 Å². The van der Waals surface area contributed by atoms with Crippen molar-refractivity contribution in [1.29, 1.82) is 0 Å². The number of ether oxygens (including phenoxy) is 1. The lowest BCUT2D eigenvalue weighted by atomic mass is 9.78. The highest BCUT2D eigenvalue weighted by Crippen LogP contribution is 2.31. The van der Waals surface area contributed by atoms with Crippen LogP contribution in [0.3, 0.4) is 0 Å². The van der Waals surface area contributed by atoms with E-state index in [1.165, 1.54) is 0 Å². The Labute approximate surface area is 92.6 Å². The van der Waals surface area contributed by atoms with Crippen LogP contribution in [0.2, 0.25) is 5.28 Å². The topological polar surface area (TPSA) is 52.1 Å². The van der Waals surface area contributed by atoms with Crippen LogP contribution in [-0.2, 0) is 14.9 Å². The fraction of sp³-hybridized carbons (Fsp3) is 0.500. The number of carbonyl (C=O) groups excluding carboxylic acids is 1. The summed E-state index contributed by atoms with van der Waals surface area (Å²) in [6, 6.07) is 1.74. The van der Waals surface area contributed by atoms with E-state index in [4.69, 9.17) is 16.3 Å². The second-order valence-electron chi connectivity index (χ2n) is 3.60. The van der Waals surface area contributed by atoms with Crippen LogP contribution >= 0.6 is 11.6 Å². The zero-order valence-electron chi connectivity index (χ0n) is 8.15. The molecule has 0 saturated carbocycles. The SMILES string of the molecule is O=CC1(c2ccnc(Cl)n2)CCOCC1. The zero-order chi connectivity index (χ0) is 10.7. The fourth-order valence-corrected chi connectivity index (χ4v) is 1.93. The lowest BCUT2D eigenvalue weighted by Crippen LogP contribution is -2.36. The number of rotatable bonds is 2. The van der Waals surface area contributed by atoms with E-state index in [2.05, 4.69) is 9.97 Å². The smallest absolute Gasteiger partial charge is 0.222 e. The molecule has 0 radical (unpaired) electrons. The minimum absolute atomic E-state index is 0.181. The van der Waals surface area contributed by atoms with Crippen LogP contribution in [-0.4, -0.2) is 29.5 Å². The summed E-state index contributed by atoms with van der Waals surface area (Å²) in [6.45, 7) is 1.17. The van der Waals surface area contributed by atoms with Gasteiger partial charge in [0.25, 0.3) is 0 Å².